The lowest BCUT2D eigenvalue weighted by molar-refractivity contribution is -0.119. The van der Waals surface area contributed by atoms with Crippen molar-refractivity contribution in [2.45, 2.75) is 42.7 Å². The topological polar surface area (TPSA) is 117 Å². The van der Waals surface area contributed by atoms with E-state index in [0.29, 0.717) is 5.69 Å². The number of primary amides is 1. The number of carbonyl (C=O) groups excluding carboxylic acids is 1. The van der Waals surface area contributed by atoms with Gasteiger partial charge in [0, 0.05) is 23.7 Å². The molecule has 1 saturated carbocycles. The summed E-state index contributed by atoms with van der Waals surface area (Å²) in [7, 11) is -2.36. The summed E-state index contributed by atoms with van der Waals surface area (Å²) in [5, 5.41) is 5.04. The van der Waals surface area contributed by atoms with E-state index in [9.17, 15) is 17.6 Å². The number of hydrogen-bond donors (Lipinski definition) is 3. The molecular formula is C18H23ClFN5O3S2. The normalized spacial score (nSPS) is 19.6. The highest BCUT2D eigenvalue weighted by atomic mass is 35.5. The maximum absolute atomic E-state index is 14.7. The molecule has 2 atom stereocenters. The number of nitrogens with one attached hydrogen (secondary N) is 2. The Morgan fingerprint density at radius 1 is 1.40 bits per heavy atom. The smallest absolute Gasteiger partial charge is 0.266 e. The number of thiazole rings is 1. The van der Waals surface area contributed by atoms with Crippen LogP contribution >= 0.6 is 22.9 Å². The third-order valence-corrected chi connectivity index (χ3v) is 7.49. The minimum Gasteiger partial charge on any atom is -0.379 e. The summed E-state index contributed by atoms with van der Waals surface area (Å²) < 4.78 is 42.0. The van der Waals surface area contributed by atoms with Gasteiger partial charge in [-0.25, -0.2) is 17.8 Å². The van der Waals surface area contributed by atoms with Gasteiger partial charge in [0.15, 0.2) is 5.13 Å². The quantitative estimate of drug-likeness (QED) is 0.540. The van der Waals surface area contributed by atoms with Gasteiger partial charge in [0.2, 0.25) is 5.91 Å². The Hall–Kier alpha value is -1.95. The van der Waals surface area contributed by atoms with Crippen LogP contribution in [0.4, 0.5) is 15.2 Å². The highest BCUT2D eigenvalue weighted by Crippen LogP contribution is 2.32. The number of anilines is 2. The number of sulfonamides is 1. The molecule has 1 aromatic carbocycles. The number of aromatic nitrogens is 1. The van der Waals surface area contributed by atoms with Crippen molar-refractivity contribution >= 4 is 49.7 Å². The van der Waals surface area contributed by atoms with Crippen molar-refractivity contribution in [3.8, 4) is 0 Å². The molecule has 1 heterocycles. The van der Waals surface area contributed by atoms with Crippen LogP contribution in [0.5, 0.6) is 0 Å². The van der Waals surface area contributed by atoms with Crippen LogP contribution in [-0.2, 0) is 14.8 Å². The van der Waals surface area contributed by atoms with Crippen LogP contribution in [0.15, 0.2) is 28.6 Å². The lowest BCUT2D eigenvalue weighted by atomic mass is 9.89. The molecule has 8 nitrogen and oxygen atoms in total. The number of carbonyl (C=O) groups is 1. The molecule has 12 heteroatoms. The Kier molecular flexibility index (Phi) is 7.17. The SMILES string of the molecule is CN(CC(N)=O)[C@H]1CCCC[C@@H]1Nc1cc(F)c(S(=O)(=O)Nc2nccs2)cc1Cl. The predicted molar refractivity (Wildman–Crippen MR) is 116 cm³/mol. The van der Waals surface area contributed by atoms with E-state index in [-0.39, 0.29) is 28.8 Å². The summed E-state index contributed by atoms with van der Waals surface area (Å²) in [4.78, 5) is 16.4. The van der Waals surface area contributed by atoms with E-state index in [0.717, 1.165) is 49.2 Å². The van der Waals surface area contributed by atoms with Gasteiger partial charge in [-0.05, 0) is 32.0 Å². The average molecular weight is 476 g/mol. The Bertz CT molecular complexity index is 1000. The lowest BCUT2D eigenvalue weighted by Crippen LogP contribution is -2.49. The average Bonchev–Trinajstić information content (AvgIpc) is 3.16. The molecule has 1 amide bonds. The van der Waals surface area contributed by atoms with Crippen LogP contribution in [0, 0.1) is 5.82 Å². The van der Waals surface area contributed by atoms with Crippen LogP contribution in [0.2, 0.25) is 5.02 Å². The summed E-state index contributed by atoms with van der Waals surface area (Å²) in [5.41, 5.74) is 5.61. The molecular weight excluding hydrogens is 453 g/mol. The van der Waals surface area contributed by atoms with Gasteiger partial charge < -0.3 is 11.1 Å². The van der Waals surface area contributed by atoms with Crippen molar-refractivity contribution < 1.29 is 17.6 Å². The van der Waals surface area contributed by atoms with Crippen molar-refractivity contribution in [2.75, 3.05) is 23.6 Å². The number of amides is 1. The molecule has 0 saturated heterocycles. The second kappa shape index (κ2) is 9.46. The number of rotatable bonds is 8. The second-order valence-corrected chi connectivity index (χ2v) is 10.1. The Labute approximate surface area is 183 Å². The van der Waals surface area contributed by atoms with E-state index in [4.69, 9.17) is 17.3 Å². The molecule has 1 aliphatic rings. The molecule has 0 bridgehead atoms. The zero-order valence-corrected chi connectivity index (χ0v) is 18.7. The number of benzene rings is 1. The number of likely N-dealkylation sites (N-methyl/N-ethyl adjacent to an activating group) is 1. The molecule has 164 valence electrons. The zero-order chi connectivity index (χ0) is 21.9. The third kappa shape index (κ3) is 5.39. The van der Waals surface area contributed by atoms with E-state index in [1.807, 2.05) is 11.9 Å². The van der Waals surface area contributed by atoms with Gasteiger partial charge in [0.25, 0.3) is 10.0 Å². The minimum absolute atomic E-state index is 0.0142. The van der Waals surface area contributed by atoms with E-state index in [1.54, 1.807) is 5.38 Å². The molecule has 1 fully saturated rings. The molecule has 0 aliphatic heterocycles. The first-order valence-electron chi connectivity index (χ1n) is 9.34. The van der Waals surface area contributed by atoms with Gasteiger partial charge in [0.1, 0.15) is 10.7 Å². The van der Waals surface area contributed by atoms with E-state index < -0.39 is 26.6 Å². The maximum Gasteiger partial charge on any atom is 0.266 e. The summed E-state index contributed by atoms with van der Waals surface area (Å²) in [5.74, 6) is -1.35. The highest BCUT2D eigenvalue weighted by Gasteiger charge is 2.30. The van der Waals surface area contributed by atoms with Gasteiger partial charge in [-0.15, -0.1) is 11.3 Å². The van der Waals surface area contributed by atoms with E-state index in [1.165, 1.54) is 6.20 Å². The maximum atomic E-state index is 14.7. The third-order valence-electron chi connectivity index (χ3n) is 5.01. The summed E-state index contributed by atoms with van der Waals surface area (Å²) >= 11 is 7.38. The minimum atomic E-state index is -4.17. The van der Waals surface area contributed by atoms with Crippen molar-refractivity contribution in [1.82, 2.24) is 9.88 Å². The molecule has 0 radical (unpaired) electrons. The van der Waals surface area contributed by atoms with Crippen molar-refractivity contribution in [3.05, 3.63) is 34.5 Å². The molecule has 1 aliphatic carbocycles. The van der Waals surface area contributed by atoms with Gasteiger partial charge in [-0.1, -0.05) is 24.4 Å². The first-order chi connectivity index (χ1) is 14.2. The van der Waals surface area contributed by atoms with Gasteiger partial charge in [-0.3, -0.25) is 14.4 Å². The first kappa shape index (κ1) is 22.7. The molecule has 4 N–H and O–H groups in total. The molecule has 1 aromatic heterocycles. The van der Waals surface area contributed by atoms with Gasteiger partial charge in [-0.2, -0.15) is 0 Å². The molecule has 0 unspecified atom stereocenters. The largest absolute Gasteiger partial charge is 0.379 e. The zero-order valence-electron chi connectivity index (χ0n) is 16.3. The Balaban J connectivity index is 1.81. The van der Waals surface area contributed by atoms with Gasteiger partial charge >= 0.3 is 0 Å². The fourth-order valence-electron chi connectivity index (χ4n) is 3.66. The van der Waals surface area contributed by atoms with Crippen molar-refractivity contribution in [3.63, 3.8) is 0 Å². The van der Waals surface area contributed by atoms with Crippen LogP contribution in [0.1, 0.15) is 25.7 Å². The Morgan fingerprint density at radius 3 is 2.80 bits per heavy atom. The number of hydrogen-bond acceptors (Lipinski definition) is 7. The molecule has 3 rings (SSSR count). The number of nitrogens with zero attached hydrogens (tertiary/aromatic N) is 2. The standard InChI is InChI=1S/C18H23ClFN5O3S2/c1-25(10-17(21)26)15-5-3-2-4-13(15)23-14-9-12(20)16(8-11(14)19)30(27,28)24-18-22-6-7-29-18/h6-9,13,15,23H,2-5,10H2,1H3,(H2,21,26)(H,22,24)/t13-,15-/m0/s1. The summed E-state index contributed by atoms with van der Waals surface area (Å²) in [6, 6.07) is 2.09. The number of nitrogens with two attached hydrogens (primary N) is 1. The van der Waals surface area contributed by atoms with Gasteiger partial charge in [0.05, 0.1) is 17.3 Å². The van der Waals surface area contributed by atoms with Crippen LogP contribution in [-0.4, -0.2) is 49.9 Å². The van der Waals surface area contributed by atoms with Crippen LogP contribution in [0.25, 0.3) is 0 Å². The van der Waals surface area contributed by atoms with Crippen molar-refractivity contribution in [2.24, 2.45) is 5.73 Å². The highest BCUT2D eigenvalue weighted by molar-refractivity contribution is 7.93. The summed E-state index contributed by atoms with van der Waals surface area (Å²) in [6.45, 7) is 0.116. The van der Waals surface area contributed by atoms with Crippen LogP contribution in [0.3, 0.4) is 0 Å². The fourth-order valence-corrected chi connectivity index (χ4v) is 5.82. The number of halogens is 2. The van der Waals surface area contributed by atoms with E-state index >= 15 is 0 Å². The first-order valence-corrected chi connectivity index (χ1v) is 12.1. The molecule has 0 spiro atoms. The Morgan fingerprint density at radius 2 is 2.13 bits per heavy atom. The lowest BCUT2D eigenvalue weighted by Gasteiger charge is -2.38. The second-order valence-electron chi connectivity index (χ2n) is 7.19. The predicted octanol–water partition coefficient (Wildman–Crippen LogP) is 2.88. The van der Waals surface area contributed by atoms with Crippen molar-refractivity contribution in [1.29, 1.82) is 0 Å². The fraction of sp³-hybridized carbons (Fsp3) is 0.444. The van der Waals surface area contributed by atoms with Crippen LogP contribution < -0.4 is 15.8 Å². The van der Waals surface area contributed by atoms with E-state index in [2.05, 4.69) is 15.0 Å². The molecule has 30 heavy (non-hydrogen) atoms. The monoisotopic (exact) mass is 475 g/mol. The summed E-state index contributed by atoms with van der Waals surface area (Å²) in [6.07, 6.45) is 5.08. The molecule has 2 aromatic rings.